The Morgan fingerprint density at radius 1 is 1.31 bits per heavy atom. The Balaban J connectivity index is 2.58. The Morgan fingerprint density at radius 2 is 2.00 bits per heavy atom. The molecule has 0 radical (unpaired) electrons. The monoisotopic (exact) mass is 193 g/mol. The second kappa shape index (κ2) is 5.84. The van der Waals surface area contributed by atoms with Gasteiger partial charge < -0.3 is 5.32 Å². The zero-order valence-electron chi connectivity index (χ0n) is 8.08. The van der Waals surface area contributed by atoms with Crippen LogP contribution >= 0.6 is 11.8 Å². The summed E-state index contributed by atoms with van der Waals surface area (Å²) in [6.07, 6.45) is 6.33. The lowest BCUT2D eigenvalue weighted by atomic mass is 10.2. The van der Waals surface area contributed by atoms with E-state index in [1.165, 1.54) is 10.5 Å². The molecule has 13 heavy (non-hydrogen) atoms. The molecule has 2 heteroatoms. The van der Waals surface area contributed by atoms with E-state index in [1.807, 2.05) is 7.05 Å². The highest BCUT2D eigenvalue weighted by molar-refractivity contribution is 7.98. The van der Waals surface area contributed by atoms with Gasteiger partial charge in [0.1, 0.15) is 0 Å². The third kappa shape index (κ3) is 3.66. The lowest BCUT2D eigenvalue weighted by molar-refractivity contribution is 0.922. The van der Waals surface area contributed by atoms with Crippen molar-refractivity contribution in [1.29, 1.82) is 0 Å². The van der Waals surface area contributed by atoms with Gasteiger partial charge >= 0.3 is 0 Å². The van der Waals surface area contributed by atoms with Gasteiger partial charge in [-0.2, -0.15) is 0 Å². The summed E-state index contributed by atoms with van der Waals surface area (Å²) in [5.41, 5.74) is 1.26. The van der Waals surface area contributed by atoms with E-state index in [2.05, 4.69) is 48.0 Å². The van der Waals surface area contributed by atoms with Gasteiger partial charge in [0.15, 0.2) is 0 Å². The average molecular weight is 193 g/mol. The summed E-state index contributed by atoms with van der Waals surface area (Å²) in [5, 5.41) is 3.07. The fourth-order valence-electron chi connectivity index (χ4n) is 1.03. The van der Waals surface area contributed by atoms with Gasteiger partial charge in [-0.15, -0.1) is 11.8 Å². The molecule has 0 amide bonds. The molecule has 0 fully saturated rings. The number of rotatable bonds is 4. The number of likely N-dealkylation sites (N-methyl/N-ethyl adjacent to an activating group) is 1. The molecular weight excluding hydrogens is 178 g/mol. The van der Waals surface area contributed by atoms with Crippen LogP contribution < -0.4 is 5.32 Å². The van der Waals surface area contributed by atoms with E-state index >= 15 is 0 Å². The second-order valence-corrected chi connectivity index (χ2v) is 3.61. The molecule has 0 saturated heterocycles. The zero-order valence-corrected chi connectivity index (χ0v) is 8.90. The van der Waals surface area contributed by atoms with E-state index in [4.69, 9.17) is 0 Å². The summed E-state index contributed by atoms with van der Waals surface area (Å²) in [4.78, 5) is 1.31. The van der Waals surface area contributed by atoms with Crippen LogP contribution in [0.5, 0.6) is 0 Å². The first-order valence-electron chi connectivity index (χ1n) is 4.32. The molecule has 0 bridgehead atoms. The fourth-order valence-corrected chi connectivity index (χ4v) is 1.44. The molecule has 0 unspecified atom stereocenters. The Bertz CT molecular complexity index is 264. The van der Waals surface area contributed by atoms with Gasteiger partial charge in [0.25, 0.3) is 0 Å². The van der Waals surface area contributed by atoms with Crippen molar-refractivity contribution in [3.05, 3.63) is 35.9 Å². The quantitative estimate of drug-likeness (QED) is 0.738. The van der Waals surface area contributed by atoms with Gasteiger partial charge in [0.2, 0.25) is 0 Å². The van der Waals surface area contributed by atoms with Crippen molar-refractivity contribution in [2.75, 3.05) is 19.8 Å². The van der Waals surface area contributed by atoms with Gasteiger partial charge in [-0.3, -0.25) is 0 Å². The van der Waals surface area contributed by atoms with E-state index in [0.29, 0.717) is 0 Å². The molecular formula is C11H15NS. The van der Waals surface area contributed by atoms with Gasteiger partial charge in [-0.05, 0) is 31.0 Å². The predicted octanol–water partition coefficient (Wildman–Crippen LogP) is 2.64. The second-order valence-electron chi connectivity index (χ2n) is 2.73. The average Bonchev–Trinajstić information content (AvgIpc) is 2.19. The summed E-state index contributed by atoms with van der Waals surface area (Å²) in [6, 6.07) is 8.56. The van der Waals surface area contributed by atoms with Crippen molar-refractivity contribution >= 4 is 17.8 Å². The molecule has 0 saturated carbocycles. The van der Waals surface area contributed by atoms with Crippen LogP contribution in [0.4, 0.5) is 0 Å². The zero-order chi connectivity index (χ0) is 9.52. The van der Waals surface area contributed by atoms with Crippen LogP contribution in [-0.2, 0) is 0 Å². The van der Waals surface area contributed by atoms with Crippen molar-refractivity contribution < 1.29 is 0 Å². The fraction of sp³-hybridized carbons (Fsp3) is 0.273. The van der Waals surface area contributed by atoms with E-state index in [9.17, 15) is 0 Å². The molecule has 1 rings (SSSR count). The predicted molar refractivity (Wildman–Crippen MR) is 61.2 cm³/mol. The number of nitrogens with one attached hydrogen (secondary N) is 1. The largest absolute Gasteiger partial charge is 0.316 e. The molecule has 0 aromatic heterocycles. The van der Waals surface area contributed by atoms with Crippen LogP contribution in [-0.4, -0.2) is 19.8 Å². The minimum Gasteiger partial charge on any atom is -0.316 e. The maximum atomic E-state index is 3.07. The van der Waals surface area contributed by atoms with Crippen LogP contribution in [0.2, 0.25) is 0 Å². The van der Waals surface area contributed by atoms with Crippen LogP contribution in [0.25, 0.3) is 6.08 Å². The molecule has 0 heterocycles. The Hall–Kier alpha value is -0.730. The third-order valence-electron chi connectivity index (χ3n) is 1.75. The maximum Gasteiger partial charge on any atom is 0.0135 e. The normalized spacial score (nSPS) is 10.9. The van der Waals surface area contributed by atoms with Gasteiger partial charge in [0, 0.05) is 11.4 Å². The van der Waals surface area contributed by atoms with Crippen molar-refractivity contribution in [3.63, 3.8) is 0 Å². The van der Waals surface area contributed by atoms with Crippen molar-refractivity contribution in [2.45, 2.75) is 4.90 Å². The lowest BCUT2D eigenvalue weighted by Gasteiger charge is -1.96. The van der Waals surface area contributed by atoms with E-state index in [0.717, 1.165) is 6.54 Å². The van der Waals surface area contributed by atoms with Crippen LogP contribution in [0.15, 0.2) is 35.2 Å². The molecule has 0 atom stereocenters. The summed E-state index contributed by atoms with van der Waals surface area (Å²) in [6.45, 7) is 0.921. The molecule has 1 nitrogen and oxygen atoms in total. The van der Waals surface area contributed by atoms with Crippen LogP contribution in [0, 0.1) is 0 Å². The van der Waals surface area contributed by atoms with E-state index in [1.54, 1.807) is 11.8 Å². The smallest absolute Gasteiger partial charge is 0.0135 e. The highest BCUT2D eigenvalue weighted by atomic mass is 32.2. The standard InChI is InChI=1S/C11H15NS/c1-12-9-3-4-10-5-7-11(13-2)8-6-10/h3-8,12H,9H2,1-2H3. The van der Waals surface area contributed by atoms with Crippen molar-refractivity contribution in [2.24, 2.45) is 0 Å². The molecule has 0 aliphatic carbocycles. The number of hydrogen-bond donors (Lipinski definition) is 1. The molecule has 1 aromatic rings. The Morgan fingerprint density at radius 3 is 2.54 bits per heavy atom. The van der Waals surface area contributed by atoms with Gasteiger partial charge in [0.05, 0.1) is 0 Å². The minimum absolute atomic E-state index is 0.921. The molecule has 1 aromatic carbocycles. The minimum atomic E-state index is 0.921. The van der Waals surface area contributed by atoms with Crippen molar-refractivity contribution in [1.82, 2.24) is 5.32 Å². The molecule has 0 aliphatic heterocycles. The maximum absolute atomic E-state index is 3.07. The third-order valence-corrected chi connectivity index (χ3v) is 2.49. The van der Waals surface area contributed by atoms with Crippen LogP contribution in [0.3, 0.4) is 0 Å². The molecule has 0 spiro atoms. The lowest BCUT2D eigenvalue weighted by Crippen LogP contribution is -2.03. The molecule has 1 N–H and O–H groups in total. The summed E-state index contributed by atoms with van der Waals surface area (Å²) >= 11 is 1.77. The van der Waals surface area contributed by atoms with E-state index in [-0.39, 0.29) is 0 Å². The SMILES string of the molecule is CNCC=Cc1ccc(SC)cc1. The number of hydrogen-bond acceptors (Lipinski definition) is 2. The van der Waals surface area contributed by atoms with Gasteiger partial charge in [-0.1, -0.05) is 24.3 Å². The van der Waals surface area contributed by atoms with Gasteiger partial charge in [-0.25, -0.2) is 0 Å². The first-order valence-corrected chi connectivity index (χ1v) is 5.54. The number of benzene rings is 1. The molecule has 0 aliphatic rings. The Kier molecular flexibility index (Phi) is 4.65. The highest BCUT2D eigenvalue weighted by Crippen LogP contribution is 2.15. The molecule has 70 valence electrons. The highest BCUT2D eigenvalue weighted by Gasteiger charge is 1.88. The number of thioether (sulfide) groups is 1. The van der Waals surface area contributed by atoms with E-state index < -0.39 is 0 Å². The Labute approximate surface area is 84.2 Å². The van der Waals surface area contributed by atoms with Crippen LogP contribution in [0.1, 0.15) is 5.56 Å². The first-order chi connectivity index (χ1) is 6.36. The van der Waals surface area contributed by atoms with Crippen molar-refractivity contribution in [3.8, 4) is 0 Å². The summed E-state index contributed by atoms with van der Waals surface area (Å²) in [5.74, 6) is 0. The summed E-state index contributed by atoms with van der Waals surface area (Å²) < 4.78 is 0. The summed E-state index contributed by atoms with van der Waals surface area (Å²) in [7, 11) is 1.95. The topological polar surface area (TPSA) is 12.0 Å². The first kappa shape index (κ1) is 10.4.